The molecule has 102 valence electrons. The number of nitrogens with zero attached hydrogens (tertiary/aromatic N) is 1. The third-order valence-corrected chi connectivity index (χ3v) is 3.31. The van der Waals surface area contributed by atoms with Gasteiger partial charge in [-0.2, -0.15) is 0 Å². The molecule has 0 spiro atoms. The molecule has 2 unspecified atom stereocenters. The molecule has 0 saturated carbocycles. The summed E-state index contributed by atoms with van der Waals surface area (Å²) in [5, 5.41) is 9.50. The molecule has 18 heavy (non-hydrogen) atoms. The van der Waals surface area contributed by atoms with Crippen molar-refractivity contribution in [2.45, 2.75) is 19.9 Å². The molecule has 0 aliphatic rings. The minimum absolute atomic E-state index is 0.0304. The molecule has 0 saturated heterocycles. The van der Waals surface area contributed by atoms with E-state index in [1.807, 2.05) is 32.8 Å². The van der Waals surface area contributed by atoms with Crippen molar-refractivity contribution in [3.8, 4) is 0 Å². The predicted octanol–water partition coefficient (Wildman–Crippen LogP) is 2.83. The summed E-state index contributed by atoms with van der Waals surface area (Å²) in [5.74, 6) is -1.04. The van der Waals surface area contributed by atoms with Crippen molar-refractivity contribution < 1.29 is 13.9 Å². The van der Waals surface area contributed by atoms with Crippen LogP contribution in [0, 0.1) is 23.5 Å². The van der Waals surface area contributed by atoms with Crippen molar-refractivity contribution in [2.75, 3.05) is 20.7 Å². The Bertz CT molecular complexity index is 393. The molecule has 0 aliphatic heterocycles. The summed E-state index contributed by atoms with van der Waals surface area (Å²) in [7, 11) is 3.66. The van der Waals surface area contributed by atoms with E-state index in [2.05, 4.69) is 0 Å². The minimum atomic E-state index is -0.584. The Balaban J connectivity index is 3.19. The van der Waals surface area contributed by atoms with Crippen molar-refractivity contribution in [3.05, 3.63) is 35.4 Å². The van der Waals surface area contributed by atoms with Crippen LogP contribution < -0.4 is 0 Å². The normalized spacial score (nSPS) is 15.2. The lowest BCUT2D eigenvalue weighted by Gasteiger charge is -2.34. The highest BCUT2D eigenvalue weighted by atomic mass is 19.1. The molecule has 0 aliphatic carbocycles. The second-order valence-electron chi connectivity index (χ2n) is 5.16. The second-order valence-corrected chi connectivity index (χ2v) is 5.16. The van der Waals surface area contributed by atoms with Gasteiger partial charge in [0.05, 0.1) is 0 Å². The molecular weight excluding hydrogens is 236 g/mol. The molecule has 0 aromatic heterocycles. The fraction of sp³-hybridized carbons (Fsp3) is 0.571. The number of aliphatic hydroxyl groups is 1. The second kappa shape index (κ2) is 6.25. The van der Waals surface area contributed by atoms with Crippen LogP contribution in [0.2, 0.25) is 0 Å². The van der Waals surface area contributed by atoms with Crippen LogP contribution in [0.4, 0.5) is 8.78 Å². The summed E-state index contributed by atoms with van der Waals surface area (Å²) in [6.07, 6.45) is 0. The van der Waals surface area contributed by atoms with Crippen LogP contribution in [0.5, 0.6) is 0 Å². The van der Waals surface area contributed by atoms with E-state index in [0.717, 1.165) is 6.07 Å². The fourth-order valence-corrected chi connectivity index (χ4v) is 2.31. The Morgan fingerprint density at radius 1 is 1.22 bits per heavy atom. The van der Waals surface area contributed by atoms with Gasteiger partial charge < -0.3 is 10.0 Å². The maximum Gasteiger partial charge on any atom is 0.130 e. The zero-order valence-corrected chi connectivity index (χ0v) is 11.3. The number of hydrogen-bond acceptors (Lipinski definition) is 2. The largest absolute Gasteiger partial charge is 0.396 e. The summed E-state index contributed by atoms with van der Waals surface area (Å²) in [6.45, 7) is 3.94. The van der Waals surface area contributed by atoms with Crippen LogP contribution >= 0.6 is 0 Å². The van der Waals surface area contributed by atoms with E-state index in [-0.39, 0.29) is 24.5 Å². The van der Waals surface area contributed by atoms with Crippen molar-refractivity contribution in [1.29, 1.82) is 0 Å². The summed E-state index contributed by atoms with van der Waals surface area (Å²) in [5.41, 5.74) is 0.425. The first-order chi connectivity index (χ1) is 8.38. The number of halogens is 2. The Morgan fingerprint density at radius 3 is 2.22 bits per heavy atom. The third-order valence-electron chi connectivity index (χ3n) is 3.31. The fourth-order valence-electron chi connectivity index (χ4n) is 2.31. The molecule has 2 atom stereocenters. The van der Waals surface area contributed by atoms with Gasteiger partial charge in [0.25, 0.3) is 0 Å². The number of aliphatic hydroxyl groups excluding tert-OH is 1. The van der Waals surface area contributed by atoms with Crippen LogP contribution in [-0.4, -0.2) is 30.7 Å². The Labute approximate surface area is 107 Å². The third kappa shape index (κ3) is 3.27. The molecule has 1 N–H and O–H groups in total. The maximum atomic E-state index is 13.9. The Morgan fingerprint density at radius 2 is 1.83 bits per heavy atom. The van der Waals surface area contributed by atoms with Crippen LogP contribution in [0.25, 0.3) is 0 Å². The summed E-state index contributed by atoms with van der Waals surface area (Å²) < 4.78 is 26.8. The van der Waals surface area contributed by atoms with E-state index < -0.39 is 11.6 Å². The van der Waals surface area contributed by atoms with Gasteiger partial charge in [-0.15, -0.1) is 0 Å². The minimum Gasteiger partial charge on any atom is -0.396 e. The maximum absolute atomic E-state index is 13.9. The molecular formula is C14H21F2NO. The first kappa shape index (κ1) is 15.1. The van der Waals surface area contributed by atoms with E-state index in [0.29, 0.717) is 5.56 Å². The van der Waals surface area contributed by atoms with E-state index in [9.17, 15) is 13.9 Å². The number of rotatable bonds is 5. The quantitative estimate of drug-likeness (QED) is 0.876. The molecule has 1 aromatic carbocycles. The van der Waals surface area contributed by atoms with Gasteiger partial charge in [-0.05, 0) is 26.1 Å². The van der Waals surface area contributed by atoms with E-state index in [1.54, 1.807) is 0 Å². The highest BCUT2D eigenvalue weighted by Crippen LogP contribution is 2.33. The highest BCUT2D eigenvalue weighted by molar-refractivity contribution is 5.23. The molecule has 0 amide bonds. The molecule has 0 heterocycles. The Kier molecular flexibility index (Phi) is 5.23. The molecule has 1 aromatic rings. The molecule has 0 bridgehead atoms. The van der Waals surface area contributed by atoms with Gasteiger partial charge in [0, 0.05) is 30.2 Å². The number of hydrogen-bond donors (Lipinski definition) is 1. The average molecular weight is 257 g/mol. The lowest BCUT2D eigenvalue weighted by Crippen LogP contribution is -2.33. The smallest absolute Gasteiger partial charge is 0.130 e. The molecule has 0 radical (unpaired) electrons. The molecule has 1 rings (SSSR count). The first-order valence-electron chi connectivity index (χ1n) is 6.10. The van der Waals surface area contributed by atoms with Crippen molar-refractivity contribution in [1.82, 2.24) is 4.90 Å². The van der Waals surface area contributed by atoms with Gasteiger partial charge in [-0.3, -0.25) is 0 Å². The van der Waals surface area contributed by atoms with Crippen LogP contribution in [0.15, 0.2) is 18.2 Å². The summed E-state index contributed by atoms with van der Waals surface area (Å²) >= 11 is 0. The van der Waals surface area contributed by atoms with Gasteiger partial charge >= 0.3 is 0 Å². The summed E-state index contributed by atoms with van der Waals surface area (Å²) in [6, 6.07) is 3.33. The Hall–Kier alpha value is -1.00. The van der Waals surface area contributed by atoms with E-state index in [1.165, 1.54) is 12.1 Å². The average Bonchev–Trinajstić information content (AvgIpc) is 2.26. The zero-order valence-electron chi connectivity index (χ0n) is 11.3. The van der Waals surface area contributed by atoms with Crippen molar-refractivity contribution in [3.63, 3.8) is 0 Å². The van der Waals surface area contributed by atoms with Gasteiger partial charge in [-0.25, -0.2) is 8.78 Å². The van der Waals surface area contributed by atoms with Crippen molar-refractivity contribution >= 4 is 0 Å². The van der Waals surface area contributed by atoms with Gasteiger partial charge in [0.1, 0.15) is 11.6 Å². The monoisotopic (exact) mass is 257 g/mol. The van der Waals surface area contributed by atoms with Gasteiger partial charge in [0.2, 0.25) is 0 Å². The van der Waals surface area contributed by atoms with E-state index in [4.69, 9.17) is 0 Å². The molecule has 2 nitrogen and oxygen atoms in total. The lowest BCUT2D eigenvalue weighted by molar-refractivity contribution is 0.0979. The molecule has 4 heteroatoms. The topological polar surface area (TPSA) is 23.5 Å². The van der Waals surface area contributed by atoms with Crippen LogP contribution in [-0.2, 0) is 0 Å². The van der Waals surface area contributed by atoms with Crippen LogP contribution in [0.3, 0.4) is 0 Å². The zero-order chi connectivity index (χ0) is 13.9. The number of benzene rings is 1. The summed E-state index contributed by atoms with van der Waals surface area (Å²) in [4.78, 5) is 1.86. The van der Waals surface area contributed by atoms with Gasteiger partial charge in [0.15, 0.2) is 0 Å². The standard InChI is InChI=1S/C14H21F2NO/c1-9(2)12(8-18)14(17(3)4)11-6-5-10(15)7-13(11)16/h5-7,9,12,14,18H,8H2,1-4H3. The molecule has 0 fully saturated rings. The lowest BCUT2D eigenvalue weighted by atomic mass is 9.84. The first-order valence-corrected chi connectivity index (χ1v) is 6.10. The highest BCUT2D eigenvalue weighted by Gasteiger charge is 2.29. The van der Waals surface area contributed by atoms with E-state index >= 15 is 0 Å². The SMILES string of the molecule is CC(C)C(CO)C(c1ccc(F)cc1F)N(C)C. The van der Waals surface area contributed by atoms with Crippen molar-refractivity contribution in [2.24, 2.45) is 11.8 Å². The van der Waals surface area contributed by atoms with Gasteiger partial charge in [-0.1, -0.05) is 19.9 Å². The van der Waals surface area contributed by atoms with Crippen LogP contribution in [0.1, 0.15) is 25.5 Å². The predicted molar refractivity (Wildman–Crippen MR) is 68.2 cm³/mol.